The minimum Gasteiger partial charge on any atom is -0.350 e. The highest BCUT2D eigenvalue weighted by Crippen LogP contribution is 2.22. The van der Waals surface area contributed by atoms with Crippen LogP contribution in [0, 0.1) is 5.92 Å². The summed E-state index contributed by atoms with van der Waals surface area (Å²) in [5.41, 5.74) is 1.66. The number of nitrogens with zero attached hydrogens (tertiary/aromatic N) is 2. The van der Waals surface area contributed by atoms with Gasteiger partial charge >= 0.3 is 0 Å². The summed E-state index contributed by atoms with van der Waals surface area (Å²) in [6.07, 6.45) is 2.08. The molecule has 0 unspecified atom stereocenters. The number of rotatable bonds is 5. The highest BCUT2D eigenvalue weighted by atomic mass is 16.5. The number of likely N-dealkylation sites (tertiary alicyclic amines) is 1. The van der Waals surface area contributed by atoms with Crippen molar-refractivity contribution in [2.45, 2.75) is 19.8 Å². The Hall–Kier alpha value is -2.14. The van der Waals surface area contributed by atoms with Crippen molar-refractivity contribution in [1.82, 2.24) is 15.4 Å². The maximum absolute atomic E-state index is 12.5. The van der Waals surface area contributed by atoms with Crippen LogP contribution in [0.5, 0.6) is 0 Å². The SMILES string of the molecule is CCNCC1CCN(C(=O)c2cc(-c3ccccc3)no2)CC1. The molecule has 1 N–H and O–H groups in total. The molecule has 1 aliphatic rings. The number of benzene rings is 1. The largest absolute Gasteiger partial charge is 0.350 e. The molecule has 2 heterocycles. The maximum atomic E-state index is 12.5. The Morgan fingerprint density at radius 1 is 1.30 bits per heavy atom. The number of amides is 1. The number of aromatic nitrogens is 1. The molecule has 122 valence electrons. The first-order valence-electron chi connectivity index (χ1n) is 8.30. The summed E-state index contributed by atoms with van der Waals surface area (Å²) in [7, 11) is 0. The molecule has 23 heavy (non-hydrogen) atoms. The topological polar surface area (TPSA) is 58.4 Å². The lowest BCUT2D eigenvalue weighted by Gasteiger charge is -2.31. The lowest BCUT2D eigenvalue weighted by molar-refractivity contribution is 0.0648. The van der Waals surface area contributed by atoms with Gasteiger partial charge in [-0.05, 0) is 31.8 Å². The number of carbonyl (C=O) groups is 1. The van der Waals surface area contributed by atoms with Crippen LogP contribution in [0.15, 0.2) is 40.9 Å². The first-order chi connectivity index (χ1) is 11.3. The Labute approximate surface area is 136 Å². The van der Waals surface area contributed by atoms with Crippen LogP contribution in [0.4, 0.5) is 0 Å². The average Bonchev–Trinajstić information content (AvgIpc) is 3.11. The van der Waals surface area contributed by atoms with E-state index in [0.29, 0.717) is 17.4 Å². The molecule has 1 fully saturated rings. The van der Waals surface area contributed by atoms with Crippen molar-refractivity contribution in [3.8, 4) is 11.3 Å². The van der Waals surface area contributed by atoms with E-state index in [1.54, 1.807) is 6.07 Å². The minimum atomic E-state index is -0.0541. The highest BCUT2D eigenvalue weighted by molar-refractivity contribution is 5.92. The normalized spacial score (nSPS) is 15.8. The third-order valence-corrected chi connectivity index (χ3v) is 4.38. The van der Waals surface area contributed by atoms with E-state index in [2.05, 4.69) is 17.4 Å². The van der Waals surface area contributed by atoms with Gasteiger partial charge in [-0.25, -0.2) is 0 Å². The number of hydrogen-bond donors (Lipinski definition) is 1. The van der Waals surface area contributed by atoms with Gasteiger partial charge in [0.05, 0.1) is 0 Å². The monoisotopic (exact) mass is 313 g/mol. The molecule has 0 radical (unpaired) electrons. The van der Waals surface area contributed by atoms with E-state index in [1.165, 1.54) is 0 Å². The zero-order chi connectivity index (χ0) is 16.1. The van der Waals surface area contributed by atoms with Crippen molar-refractivity contribution in [2.24, 2.45) is 5.92 Å². The quantitative estimate of drug-likeness (QED) is 0.922. The molecule has 5 nitrogen and oxygen atoms in total. The number of nitrogens with one attached hydrogen (secondary N) is 1. The van der Waals surface area contributed by atoms with Gasteiger partial charge in [0.1, 0.15) is 5.69 Å². The Balaban J connectivity index is 1.60. The van der Waals surface area contributed by atoms with Gasteiger partial charge in [-0.1, -0.05) is 42.4 Å². The second-order valence-corrected chi connectivity index (χ2v) is 5.99. The molecule has 1 amide bonds. The van der Waals surface area contributed by atoms with Crippen molar-refractivity contribution in [3.05, 3.63) is 42.2 Å². The predicted molar refractivity (Wildman–Crippen MR) is 89.1 cm³/mol. The Bertz CT molecular complexity index is 631. The van der Waals surface area contributed by atoms with Gasteiger partial charge in [0.25, 0.3) is 5.91 Å². The van der Waals surface area contributed by atoms with Crippen LogP contribution >= 0.6 is 0 Å². The fourth-order valence-electron chi connectivity index (χ4n) is 2.97. The molecule has 1 aromatic carbocycles. The predicted octanol–water partition coefficient (Wildman–Crippen LogP) is 2.80. The number of piperidine rings is 1. The molecule has 0 spiro atoms. The van der Waals surface area contributed by atoms with Crippen LogP contribution in [0.1, 0.15) is 30.3 Å². The van der Waals surface area contributed by atoms with Gasteiger partial charge in [-0.2, -0.15) is 0 Å². The van der Waals surface area contributed by atoms with Crippen LogP contribution in [-0.2, 0) is 0 Å². The lowest BCUT2D eigenvalue weighted by Crippen LogP contribution is -2.40. The van der Waals surface area contributed by atoms with E-state index in [1.807, 2.05) is 35.2 Å². The van der Waals surface area contributed by atoms with E-state index in [0.717, 1.165) is 44.6 Å². The van der Waals surface area contributed by atoms with Crippen molar-refractivity contribution in [3.63, 3.8) is 0 Å². The summed E-state index contributed by atoms with van der Waals surface area (Å²) < 4.78 is 5.27. The summed E-state index contributed by atoms with van der Waals surface area (Å²) in [4.78, 5) is 14.4. The molecule has 0 saturated carbocycles. The Morgan fingerprint density at radius 2 is 2.04 bits per heavy atom. The third kappa shape index (κ3) is 3.79. The van der Waals surface area contributed by atoms with Gasteiger partial charge in [-0.15, -0.1) is 0 Å². The summed E-state index contributed by atoms with van der Waals surface area (Å²) >= 11 is 0. The van der Waals surface area contributed by atoms with Crippen molar-refractivity contribution >= 4 is 5.91 Å². The second kappa shape index (κ2) is 7.42. The van der Waals surface area contributed by atoms with E-state index in [4.69, 9.17) is 4.52 Å². The zero-order valence-electron chi connectivity index (χ0n) is 13.5. The third-order valence-electron chi connectivity index (χ3n) is 4.38. The molecular weight excluding hydrogens is 290 g/mol. The van der Waals surface area contributed by atoms with Crippen molar-refractivity contribution < 1.29 is 9.32 Å². The summed E-state index contributed by atoms with van der Waals surface area (Å²) in [6.45, 7) is 5.73. The number of carbonyl (C=O) groups excluding carboxylic acids is 1. The molecule has 1 aliphatic heterocycles. The number of hydrogen-bond acceptors (Lipinski definition) is 4. The molecule has 2 aromatic rings. The fraction of sp³-hybridized carbons (Fsp3) is 0.444. The van der Waals surface area contributed by atoms with Crippen LogP contribution in [0.2, 0.25) is 0 Å². The maximum Gasteiger partial charge on any atom is 0.292 e. The van der Waals surface area contributed by atoms with E-state index in [9.17, 15) is 4.79 Å². The van der Waals surface area contributed by atoms with Crippen molar-refractivity contribution in [1.29, 1.82) is 0 Å². The standard InChI is InChI=1S/C18H23N3O2/c1-2-19-13-14-8-10-21(11-9-14)18(22)17-12-16(20-23-17)15-6-4-3-5-7-15/h3-7,12,14,19H,2,8-11,13H2,1H3. The van der Waals surface area contributed by atoms with Crippen LogP contribution in [-0.4, -0.2) is 42.1 Å². The molecule has 0 bridgehead atoms. The first kappa shape index (κ1) is 15.7. The summed E-state index contributed by atoms with van der Waals surface area (Å²) in [5.74, 6) is 0.934. The Kier molecular flexibility index (Phi) is 5.08. The Morgan fingerprint density at radius 3 is 2.74 bits per heavy atom. The fourth-order valence-corrected chi connectivity index (χ4v) is 2.97. The minimum absolute atomic E-state index is 0.0541. The zero-order valence-corrected chi connectivity index (χ0v) is 13.5. The van der Waals surface area contributed by atoms with Gasteiger partial charge in [0.2, 0.25) is 5.76 Å². The van der Waals surface area contributed by atoms with Crippen LogP contribution in [0.3, 0.4) is 0 Å². The van der Waals surface area contributed by atoms with E-state index >= 15 is 0 Å². The van der Waals surface area contributed by atoms with E-state index < -0.39 is 0 Å². The lowest BCUT2D eigenvalue weighted by atomic mass is 9.96. The smallest absolute Gasteiger partial charge is 0.292 e. The molecule has 0 aliphatic carbocycles. The van der Waals surface area contributed by atoms with Gasteiger partial charge in [0, 0.05) is 24.7 Å². The van der Waals surface area contributed by atoms with Crippen LogP contribution in [0.25, 0.3) is 11.3 Å². The second-order valence-electron chi connectivity index (χ2n) is 5.99. The van der Waals surface area contributed by atoms with Crippen molar-refractivity contribution in [2.75, 3.05) is 26.2 Å². The molecule has 5 heteroatoms. The van der Waals surface area contributed by atoms with E-state index in [-0.39, 0.29) is 5.91 Å². The highest BCUT2D eigenvalue weighted by Gasteiger charge is 2.26. The molecule has 1 aromatic heterocycles. The average molecular weight is 313 g/mol. The molecular formula is C18H23N3O2. The van der Waals surface area contributed by atoms with Gasteiger partial charge in [0.15, 0.2) is 0 Å². The molecule has 0 atom stereocenters. The van der Waals surface area contributed by atoms with Gasteiger partial charge in [-0.3, -0.25) is 4.79 Å². The summed E-state index contributed by atoms with van der Waals surface area (Å²) in [5, 5.41) is 7.41. The summed E-state index contributed by atoms with van der Waals surface area (Å²) in [6, 6.07) is 11.5. The van der Waals surface area contributed by atoms with Crippen LogP contribution < -0.4 is 5.32 Å². The van der Waals surface area contributed by atoms with Gasteiger partial charge < -0.3 is 14.7 Å². The first-order valence-corrected chi connectivity index (χ1v) is 8.30. The molecule has 1 saturated heterocycles. The molecule has 3 rings (SSSR count).